The smallest absolute Gasteiger partial charge is 0.191 e. The van der Waals surface area contributed by atoms with Crippen LogP contribution < -0.4 is 10.6 Å². The van der Waals surface area contributed by atoms with Gasteiger partial charge in [-0.2, -0.15) is 11.8 Å². The van der Waals surface area contributed by atoms with Crippen molar-refractivity contribution in [3.8, 4) is 0 Å². The van der Waals surface area contributed by atoms with Crippen LogP contribution >= 0.6 is 35.7 Å². The first-order valence-corrected chi connectivity index (χ1v) is 10.2. The molecule has 0 amide bonds. The number of aromatic nitrogens is 3. The Morgan fingerprint density at radius 1 is 1.24 bits per heavy atom. The van der Waals surface area contributed by atoms with Crippen molar-refractivity contribution in [2.75, 3.05) is 18.6 Å². The Bertz CT molecular complexity index is 503. The SMILES string of the molecule is CSCCCNC(=NCc1nnc(C)n1C)NC(C)CCC(C)C.I. The minimum absolute atomic E-state index is 0. The van der Waals surface area contributed by atoms with Gasteiger partial charge < -0.3 is 15.2 Å². The molecule has 1 atom stereocenters. The van der Waals surface area contributed by atoms with Gasteiger partial charge in [-0.05, 0) is 51.0 Å². The fourth-order valence-electron chi connectivity index (χ4n) is 2.20. The molecule has 0 aliphatic rings. The lowest BCUT2D eigenvalue weighted by atomic mass is 10.0. The van der Waals surface area contributed by atoms with Gasteiger partial charge in [0.25, 0.3) is 0 Å². The molecule has 0 bridgehead atoms. The van der Waals surface area contributed by atoms with Crippen molar-refractivity contribution >= 4 is 41.7 Å². The molecule has 1 heterocycles. The van der Waals surface area contributed by atoms with Crippen molar-refractivity contribution in [1.29, 1.82) is 0 Å². The van der Waals surface area contributed by atoms with E-state index in [4.69, 9.17) is 4.99 Å². The lowest BCUT2D eigenvalue weighted by molar-refractivity contribution is 0.488. The number of rotatable bonds is 10. The molecular weight excluding hydrogens is 447 g/mol. The maximum atomic E-state index is 4.70. The van der Waals surface area contributed by atoms with Crippen LogP contribution in [0.15, 0.2) is 4.99 Å². The number of nitrogens with zero attached hydrogens (tertiary/aromatic N) is 4. The maximum Gasteiger partial charge on any atom is 0.191 e. The van der Waals surface area contributed by atoms with Crippen LogP contribution in [0.2, 0.25) is 0 Å². The van der Waals surface area contributed by atoms with Crippen LogP contribution in [-0.4, -0.2) is 45.3 Å². The molecule has 8 heteroatoms. The molecule has 0 saturated heterocycles. The zero-order chi connectivity index (χ0) is 17.9. The van der Waals surface area contributed by atoms with E-state index in [0.717, 1.165) is 48.7 Å². The van der Waals surface area contributed by atoms with E-state index in [2.05, 4.69) is 47.9 Å². The van der Waals surface area contributed by atoms with E-state index in [1.165, 1.54) is 6.42 Å². The number of guanidine groups is 1. The largest absolute Gasteiger partial charge is 0.356 e. The Morgan fingerprint density at radius 3 is 2.52 bits per heavy atom. The van der Waals surface area contributed by atoms with E-state index in [1.807, 2.05) is 30.3 Å². The highest BCUT2D eigenvalue weighted by Gasteiger charge is 2.08. The molecule has 0 aliphatic carbocycles. The standard InChI is InChI=1S/C17H34N6S.HI/c1-13(2)8-9-14(3)20-17(18-10-7-11-24-6)19-12-16-22-21-15(4)23(16)5;/h13-14H,7-12H2,1-6H3,(H2,18,19,20);1H. The van der Waals surface area contributed by atoms with Crippen molar-refractivity contribution in [2.45, 2.75) is 59.5 Å². The predicted octanol–water partition coefficient (Wildman–Crippen LogP) is 3.35. The molecule has 0 spiro atoms. The summed E-state index contributed by atoms with van der Waals surface area (Å²) in [7, 11) is 1.98. The van der Waals surface area contributed by atoms with Gasteiger partial charge in [-0.25, -0.2) is 4.99 Å². The van der Waals surface area contributed by atoms with Crippen LogP contribution in [0, 0.1) is 12.8 Å². The van der Waals surface area contributed by atoms with Gasteiger partial charge in [0, 0.05) is 19.6 Å². The molecule has 1 aromatic rings. The van der Waals surface area contributed by atoms with Gasteiger partial charge in [-0.1, -0.05) is 13.8 Å². The highest BCUT2D eigenvalue weighted by atomic mass is 127. The first kappa shape index (κ1) is 24.5. The fraction of sp³-hybridized carbons (Fsp3) is 0.824. The normalized spacial score (nSPS) is 12.8. The lowest BCUT2D eigenvalue weighted by Crippen LogP contribution is -2.43. The van der Waals surface area contributed by atoms with Crippen LogP contribution in [0.3, 0.4) is 0 Å². The second-order valence-corrected chi connectivity index (χ2v) is 7.66. The highest BCUT2D eigenvalue weighted by molar-refractivity contribution is 14.0. The summed E-state index contributed by atoms with van der Waals surface area (Å²) in [6.45, 7) is 10.2. The van der Waals surface area contributed by atoms with Gasteiger partial charge in [0.2, 0.25) is 0 Å². The van der Waals surface area contributed by atoms with Crippen molar-refractivity contribution in [2.24, 2.45) is 18.0 Å². The molecule has 0 aliphatic heterocycles. The second-order valence-electron chi connectivity index (χ2n) is 6.68. The highest BCUT2D eigenvalue weighted by Crippen LogP contribution is 2.06. The molecule has 0 radical (unpaired) electrons. The maximum absolute atomic E-state index is 4.70. The average molecular weight is 482 g/mol. The van der Waals surface area contributed by atoms with Crippen molar-refractivity contribution < 1.29 is 0 Å². The number of hydrogen-bond donors (Lipinski definition) is 2. The summed E-state index contributed by atoms with van der Waals surface area (Å²) < 4.78 is 1.98. The number of hydrogen-bond acceptors (Lipinski definition) is 4. The summed E-state index contributed by atoms with van der Waals surface area (Å²) in [5.41, 5.74) is 0. The summed E-state index contributed by atoms with van der Waals surface area (Å²) in [5.74, 6) is 4.55. The molecule has 25 heavy (non-hydrogen) atoms. The molecule has 0 aromatic carbocycles. The third-order valence-electron chi connectivity index (χ3n) is 3.94. The fourth-order valence-corrected chi connectivity index (χ4v) is 2.64. The zero-order valence-corrected chi connectivity index (χ0v) is 19.6. The van der Waals surface area contributed by atoms with Gasteiger partial charge in [-0.3, -0.25) is 0 Å². The van der Waals surface area contributed by atoms with Crippen LogP contribution in [0.5, 0.6) is 0 Å². The summed E-state index contributed by atoms with van der Waals surface area (Å²) in [6, 6.07) is 0.403. The lowest BCUT2D eigenvalue weighted by Gasteiger charge is -2.19. The predicted molar refractivity (Wildman–Crippen MR) is 120 cm³/mol. The molecule has 1 rings (SSSR count). The van der Waals surface area contributed by atoms with Crippen LogP contribution in [0.25, 0.3) is 0 Å². The van der Waals surface area contributed by atoms with E-state index in [0.29, 0.717) is 12.6 Å². The van der Waals surface area contributed by atoms with Gasteiger partial charge in [0.05, 0.1) is 0 Å². The minimum Gasteiger partial charge on any atom is -0.356 e. The van der Waals surface area contributed by atoms with Crippen LogP contribution in [-0.2, 0) is 13.6 Å². The van der Waals surface area contributed by atoms with Gasteiger partial charge >= 0.3 is 0 Å². The summed E-state index contributed by atoms with van der Waals surface area (Å²) in [6.07, 6.45) is 5.63. The Hall–Kier alpha value is -0.510. The average Bonchev–Trinajstić information content (AvgIpc) is 2.86. The molecular formula is C17H35IN6S. The molecule has 146 valence electrons. The number of thioether (sulfide) groups is 1. The van der Waals surface area contributed by atoms with E-state index >= 15 is 0 Å². The Balaban J connectivity index is 0.00000576. The Morgan fingerprint density at radius 2 is 1.96 bits per heavy atom. The monoisotopic (exact) mass is 482 g/mol. The summed E-state index contributed by atoms with van der Waals surface area (Å²) >= 11 is 1.87. The van der Waals surface area contributed by atoms with Crippen molar-refractivity contribution in [1.82, 2.24) is 25.4 Å². The van der Waals surface area contributed by atoms with Crippen molar-refractivity contribution in [3.63, 3.8) is 0 Å². The first-order chi connectivity index (χ1) is 11.4. The number of nitrogens with one attached hydrogen (secondary N) is 2. The van der Waals surface area contributed by atoms with Crippen LogP contribution in [0.4, 0.5) is 0 Å². The Kier molecular flexibility index (Phi) is 13.4. The zero-order valence-electron chi connectivity index (χ0n) is 16.5. The van der Waals surface area contributed by atoms with Crippen LogP contribution in [0.1, 0.15) is 51.7 Å². The summed E-state index contributed by atoms with van der Waals surface area (Å²) in [4.78, 5) is 4.70. The summed E-state index contributed by atoms with van der Waals surface area (Å²) in [5, 5.41) is 15.2. The third-order valence-corrected chi connectivity index (χ3v) is 4.64. The van der Waals surface area contributed by atoms with E-state index < -0.39 is 0 Å². The van der Waals surface area contributed by atoms with Crippen molar-refractivity contribution in [3.05, 3.63) is 11.6 Å². The molecule has 2 N–H and O–H groups in total. The number of aryl methyl sites for hydroxylation is 1. The van der Waals surface area contributed by atoms with Gasteiger partial charge in [0.1, 0.15) is 12.4 Å². The van der Waals surface area contributed by atoms with E-state index in [9.17, 15) is 0 Å². The quantitative estimate of drug-likeness (QED) is 0.232. The second kappa shape index (κ2) is 13.7. The topological polar surface area (TPSA) is 67.1 Å². The third kappa shape index (κ3) is 10.3. The first-order valence-electron chi connectivity index (χ1n) is 8.82. The molecule has 6 nitrogen and oxygen atoms in total. The van der Waals surface area contributed by atoms with E-state index in [1.54, 1.807) is 0 Å². The molecule has 0 saturated carbocycles. The minimum atomic E-state index is 0. The molecule has 0 fully saturated rings. The number of aliphatic imine (C=N–C) groups is 1. The van der Waals surface area contributed by atoms with E-state index in [-0.39, 0.29) is 24.0 Å². The Labute approximate surface area is 174 Å². The number of halogens is 1. The molecule has 1 aromatic heterocycles. The van der Waals surface area contributed by atoms with Gasteiger partial charge in [-0.15, -0.1) is 34.2 Å². The molecule has 1 unspecified atom stereocenters. The van der Waals surface area contributed by atoms with Gasteiger partial charge in [0.15, 0.2) is 11.8 Å².